The number of hydrogen-bond acceptors (Lipinski definition) is 5. The molecule has 0 spiro atoms. The van der Waals surface area contributed by atoms with Gasteiger partial charge in [0.2, 0.25) is 0 Å². The number of hydrogen-bond donors (Lipinski definition) is 1. The summed E-state index contributed by atoms with van der Waals surface area (Å²) < 4.78 is 5.33. The van der Waals surface area contributed by atoms with Gasteiger partial charge < -0.3 is 15.0 Å². The molecule has 6 nitrogen and oxygen atoms in total. The van der Waals surface area contributed by atoms with Crippen LogP contribution in [0.5, 0.6) is 5.75 Å². The van der Waals surface area contributed by atoms with Crippen LogP contribution >= 0.6 is 0 Å². The van der Waals surface area contributed by atoms with Crippen LogP contribution in [0.4, 0.5) is 11.5 Å². The molecule has 3 aromatic rings. The van der Waals surface area contributed by atoms with Crippen molar-refractivity contribution >= 4 is 17.4 Å². The molecule has 2 aromatic carbocycles. The number of methoxy groups -OCH3 is 1. The van der Waals surface area contributed by atoms with Gasteiger partial charge in [-0.2, -0.15) is 0 Å². The van der Waals surface area contributed by atoms with Crippen molar-refractivity contribution in [3.8, 4) is 5.75 Å². The Labute approximate surface area is 158 Å². The largest absolute Gasteiger partial charge is 0.496 e. The second kappa shape index (κ2) is 8.80. The van der Waals surface area contributed by atoms with Crippen molar-refractivity contribution in [1.82, 2.24) is 15.3 Å². The zero-order valence-corrected chi connectivity index (χ0v) is 15.4. The van der Waals surface area contributed by atoms with Gasteiger partial charge in [-0.25, -0.2) is 9.97 Å². The molecule has 0 aliphatic rings. The molecule has 0 saturated heterocycles. The van der Waals surface area contributed by atoms with Crippen molar-refractivity contribution in [2.45, 2.75) is 6.42 Å². The van der Waals surface area contributed by atoms with E-state index in [1.807, 2.05) is 66.5 Å². The number of nitrogens with one attached hydrogen (secondary N) is 1. The first-order valence-corrected chi connectivity index (χ1v) is 8.70. The van der Waals surface area contributed by atoms with E-state index in [2.05, 4.69) is 15.3 Å². The SMILES string of the molecule is COc1ccccc1CCNC(=O)c1cc(N(C)c2ccccc2)ncn1. The number of amides is 1. The van der Waals surface area contributed by atoms with Crippen LogP contribution in [0.1, 0.15) is 16.1 Å². The van der Waals surface area contributed by atoms with Crippen LogP contribution in [0.25, 0.3) is 0 Å². The molecule has 1 heterocycles. The van der Waals surface area contributed by atoms with E-state index in [-0.39, 0.29) is 5.91 Å². The highest BCUT2D eigenvalue weighted by Gasteiger charge is 2.12. The summed E-state index contributed by atoms with van der Waals surface area (Å²) in [6.07, 6.45) is 2.08. The summed E-state index contributed by atoms with van der Waals surface area (Å²) in [6, 6.07) is 19.3. The smallest absolute Gasteiger partial charge is 0.270 e. The number of aromatic nitrogens is 2. The minimum Gasteiger partial charge on any atom is -0.496 e. The highest BCUT2D eigenvalue weighted by molar-refractivity contribution is 5.93. The van der Waals surface area contributed by atoms with Crippen molar-refractivity contribution < 1.29 is 9.53 Å². The summed E-state index contributed by atoms with van der Waals surface area (Å²) in [7, 11) is 3.55. The van der Waals surface area contributed by atoms with Crippen LogP contribution in [0.2, 0.25) is 0 Å². The minimum absolute atomic E-state index is 0.227. The number of ether oxygens (including phenoxy) is 1. The predicted molar refractivity (Wildman–Crippen MR) is 106 cm³/mol. The van der Waals surface area contributed by atoms with Gasteiger partial charge in [-0.1, -0.05) is 36.4 Å². The maximum Gasteiger partial charge on any atom is 0.270 e. The summed E-state index contributed by atoms with van der Waals surface area (Å²) in [5.74, 6) is 1.25. The fourth-order valence-corrected chi connectivity index (χ4v) is 2.75. The number of rotatable bonds is 7. The zero-order valence-electron chi connectivity index (χ0n) is 15.4. The van der Waals surface area contributed by atoms with Crippen molar-refractivity contribution in [3.05, 3.63) is 78.2 Å². The molecule has 1 amide bonds. The molecule has 138 valence electrons. The molecule has 0 bridgehead atoms. The molecule has 6 heteroatoms. The first kappa shape index (κ1) is 18.4. The van der Waals surface area contributed by atoms with Gasteiger partial charge in [0.05, 0.1) is 7.11 Å². The van der Waals surface area contributed by atoms with E-state index in [1.54, 1.807) is 13.2 Å². The van der Waals surface area contributed by atoms with Gasteiger partial charge in [-0.3, -0.25) is 4.79 Å². The van der Waals surface area contributed by atoms with Gasteiger partial charge >= 0.3 is 0 Å². The molecular formula is C21H22N4O2. The van der Waals surface area contributed by atoms with Crippen molar-refractivity contribution in [2.24, 2.45) is 0 Å². The number of carbonyl (C=O) groups excluding carboxylic acids is 1. The van der Waals surface area contributed by atoms with Gasteiger partial charge in [0.25, 0.3) is 5.91 Å². The maximum atomic E-state index is 12.4. The minimum atomic E-state index is -0.227. The fraction of sp³-hybridized carbons (Fsp3) is 0.190. The summed E-state index contributed by atoms with van der Waals surface area (Å²) in [5.41, 5.74) is 2.37. The Hall–Kier alpha value is -3.41. The summed E-state index contributed by atoms with van der Waals surface area (Å²) in [4.78, 5) is 22.7. The summed E-state index contributed by atoms with van der Waals surface area (Å²) in [5, 5.41) is 2.90. The molecule has 0 unspecified atom stereocenters. The van der Waals surface area contributed by atoms with Crippen LogP contribution in [-0.4, -0.2) is 36.6 Å². The second-order valence-corrected chi connectivity index (χ2v) is 5.97. The Morgan fingerprint density at radius 2 is 1.81 bits per heavy atom. The summed E-state index contributed by atoms with van der Waals surface area (Å²) >= 11 is 0. The van der Waals surface area contributed by atoms with Gasteiger partial charge in [-0.15, -0.1) is 0 Å². The summed E-state index contributed by atoms with van der Waals surface area (Å²) in [6.45, 7) is 0.493. The van der Waals surface area contributed by atoms with E-state index in [4.69, 9.17) is 4.74 Å². The first-order chi connectivity index (χ1) is 13.2. The van der Waals surface area contributed by atoms with Crippen molar-refractivity contribution in [2.75, 3.05) is 25.6 Å². The number of benzene rings is 2. The van der Waals surface area contributed by atoms with E-state index in [0.717, 1.165) is 17.0 Å². The number of para-hydroxylation sites is 2. The second-order valence-electron chi connectivity index (χ2n) is 5.97. The zero-order chi connectivity index (χ0) is 19.1. The Balaban J connectivity index is 1.63. The van der Waals surface area contributed by atoms with Gasteiger partial charge in [-0.05, 0) is 30.2 Å². The molecule has 0 radical (unpaired) electrons. The quantitative estimate of drug-likeness (QED) is 0.699. The Morgan fingerprint density at radius 1 is 1.07 bits per heavy atom. The topological polar surface area (TPSA) is 67.3 Å². The lowest BCUT2D eigenvalue weighted by molar-refractivity contribution is 0.0949. The fourth-order valence-electron chi connectivity index (χ4n) is 2.75. The van der Waals surface area contributed by atoms with Crippen LogP contribution in [0.15, 0.2) is 67.0 Å². The van der Waals surface area contributed by atoms with Gasteiger partial charge in [0.15, 0.2) is 0 Å². The number of nitrogens with zero attached hydrogens (tertiary/aromatic N) is 3. The van der Waals surface area contributed by atoms with Crippen LogP contribution < -0.4 is 15.0 Å². The standard InChI is InChI=1S/C21H22N4O2/c1-25(17-9-4-3-5-10-17)20-14-18(23-15-24-20)21(26)22-13-12-16-8-6-7-11-19(16)27-2/h3-11,14-15H,12-13H2,1-2H3,(H,22,26). The molecule has 1 N–H and O–H groups in total. The molecule has 0 fully saturated rings. The third-order valence-corrected chi connectivity index (χ3v) is 4.24. The highest BCUT2D eigenvalue weighted by Crippen LogP contribution is 2.21. The lowest BCUT2D eigenvalue weighted by atomic mass is 10.1. The number of carbonyl (C=O) groups is 1. The first-order valence-electron chi connectivity index (χ1n) is 8.70. The molecule has 27 heavy (non-hydrogen) atoms. The number of anilines is 2. The third kappa shape index (κ3) is 4.61. The van der Waals surface area contributed by atoms with Crippen LogP contribution in [-0.2, 0) is 6.42 Å². The Kier molecular flexibility index (Phi) is 5.99. The van der Waals surface area contributed by atoms with E-state index in [1.165, 1.54) is 6.33 Å². The molecule has 0 aliphatic carbocycles. The predicted octanol–water partition coefficient (Wildman–Crippen LogP) is 3.23. The van der Waals surface area contributed by atoms with E-state index in [9.17, 15) is 4.79 Å². The Morgan fingerprint density at radius 3 is 2.59 bits per heavy atom. The molecule has 0 atom stereocenters. The molecule has 0 saturated carbocycles. The van der Waals surface area contributed by atoms with E-state index >= 15 is 0 Å². The maximum absolute atomic E-state index is 12.4. The highest BCUT2D eigenvalue weighted by atomic mass is 16.5. The lowest BCUT2D eigenvalue weighted by Crippen LogP contribution is -2.27. The van der Waals surface area contributed by atoms with Crippen LogP contribution in [0, 0.1) is 0 Å². The van der Waals surface area contributed by atoms with E-state index in [0.29, 0.717) is 24.5 Å². The normalized spacial score (nSPS) is 10.3. The van der Waals surface area contributed by atoms with Crippen LogP contribution in [0.3, 0.4) is 0 Å². The molecule has 3 rings (SSSR count). The monoisotopic (exact) mass is 362 g/mol. The molecule has 0 aliphatic heterocycles. The van der Waals surface area contributed by atoms with Crippen molar-refractivity contribution in [3.63, 3.8) is 0 Å². The lowest BCUT2D eigenvalue weighted by Gasteiger charge is -2.18. The third-order valence-electron chi connectivity index (χ3n) is 4.24. The Bertz CT molecular complexity index is 899. The van der Waals surface area contributed by atoms with Crippen molar-refractivity contribution in [1.29, 1.82) is 0 Å². The van der Waals surface area contributed by atoms with E-state index < -0.39 is 0 Å². The average Bonchev–Trinajstić information content (AvgIpc) is 2.74. The van der Waals surface area contributed by atoms with Gasteiger partial charge in [0, 0.05) is 25.3 Å². The van der Waals surface area contributed by atoms with Gasteiger partial charge in [0.1, 0.15) is 23.6 Å². The molecule has 1 aromatic heterocycles. The molecular weight excluding hydrogens is 340 g/mol. The average molecular weight is 362 g/mol.